The van der Waals surface area contributed by atoms with E-state index in [2.05, 4.69) is 10.6 Å². The molecule has 2 aromatic rings. The minimum Gasteiger partial charge on any atom is -0.480 e. The lowest BCUT2D eigenvalue weighted by molar-refractivity contribution is -0.142. The number of rotatable bonds is 8. The first-order chi connectivity index (χ1) is 14.8. The van der Waals surface area contributed by atoms with Crippen molar-refractivity contribution in [2.75, 3.05) is 27.2 Å². The third kappa shape index (κ3) is 5.21. The van der Waals surface area contributed by atoms with E-state index in [0.717, 1.165) is 22.3 Å². The molecule has 0 fully saturated rings. The highest BCUT2D eigenvalue weighted by molar-refractivity contribution is 5.89. The van der Waals surface area contributed by atoms with Crippen LogP contribution in [0.3, 0.4) is 0 Å². The van der Waals surface area contributed by atoms with Crippen LogP contribution < -0.4 is 10.6 Å². The van der Waals surface area contributed by atoms with Gasteiger partial charge in [-0.25, -0.2) is 9.59 Å². The molecule has 0 aromatic heterocycles. The number of amides is 2. The summed E-state index contributed by atoms with van der Waals surface area (Å²) in [6.45, 7) is 1.75. The summed E-state index contributed by atoms with van der Waals surface area (Å²) in [5.74, 6) is -1.82. The van der Waals surface area contributed by atoms with Gasteiger partial charge in [0.25, 0.3) is 0 Å². The zero-order valence-corrected chi connectivity index (χ0v) is 17.8. The van der Waals surface area contributed by atoms with E-state index in [1.807, 2.05) is 48.5 Å². The van der Waals surface area contributed by atoms with E-state index in [9.17, 15) is 19.5 Å². The van der Waals surface area contributed by atoms with E-state index in [0.29, 0.717) is 0 Å². The van der Waals surface area contributed by atoms with E-state index in [1.165, 1.54) is 6.92 Å². The van der Waals surface area contributed by atoms with Crippen LogP contribution in [-0.2, 0) is 14.3 Å². The van der Waals surface area contributed by atoms with Crippen molar-refractivity contribution in [3.63, 3.8) is 0 Å². The number of ether oxygens (including phenoxy) is 1. The molecule has 1 aliphatic carbocycles. The number of carbonyl (C=O) groups excluding carboxylic acids is 2. The minimum atomic E-state index is -1.14. The Labute approximate surface area is 181 Å². The van der Waals surface area contributed by atoms with Crippen molar-refractivity contribution in [3.8, 4) is 11.1 Å². The lowest BCUT2D eigenvalue weighted by Crippen LogP contribution is -2.53. The highest BCUT2D eigenvalue weighted by Gasteiger charge is 2.30. The van der Waals surface area contributed by atoms with E-state index in [4.69, 9.17) is 4.74 Å². The number of carboxylic acid groups (broad SMARTS) is 1. The quantitative estimate of drug-likeness (QED) is 0.597. The molecule has 1 unspecified atom stereocenters. The first-order valence-corrected chi connectivity index (χ1v) is 10.1. The fraction of sp³-hybridized carbons (Fsp3) is 0.348. The summed E-state index contributed by atoms with van der Waals surface area (Å²) in [5.41, 5.74) is 4.44. The summed E-state index contributed by atoms with van der Waals surface area (Å²) in [7, 11) is 3.42. The summed E-state index contributed by atoms with van der Waals surface area (Å²) in [5, 5.41) is 14.1. The maximum atomic E-state index is 12.3. The monoisotopic (exact) mass is 425 g/mol. The summed E-state index contributed by atoms with van der Waals surface area (Å²) < 4.78 is 5.42. The van der Waals surface area contributed by atoms with Gasteiger partial charge in [0, 0.05) is 12.5 Å². The van der Waals surface area contributed by atoms with E-state index >= 15 is 0 Å². The van der Waals surface area contributed by atoms with E-state index < -0.39 is 30.1 Å². The number of fused-ring (bicyclic) bond motifs is 3. The Balaban J connectivity index is 1.58. The van der Waals surface area contributed by atoms with Crippen molar-refractivity contribution in [2.24, 2.45) is 0 Å². The summed E-state index contributed by atoms with van der Waals surface area (Å²) in [6.07, 6.45) is -0.732. The molecule has 0 radical (unpaired) electrons. The third-order valence-electron chi connectivity index (χ3n) is 5.23. The molecule has 2 atom stereocenters. The fourth-order valence-electron chi connectivity index (χ4n) is 3.73. The number of nitrogens with zero attached hydrogens (tertiary/aromatic N) is 1. The maximum absolute atomic E-state index is 12.3. The molecule has 1 aliphatic rings. The van der Waals surface area contributed by atoms with Gasteiger partial charge in [-0.3, -0.25) is 4.79 Å². The molecule has 8 nitrogen and oxygen atoms in total. The number of alkyl carbamates (subject to hydrolysis) is 1. The van der Waals surface area contributed by atoms with Crippen LogP contribution in [0, 0.1) is 0 Å². The summed E-state index contributed by atoms with van der Waals surface area (Å²) in [4.78, 5) is 37.6. The average molecular weight is 425 g/mol. The molecule has 0 saturated carbocycles. The van der Waals surface area contributed by atoms with Crippen LogP contribution >= 0.6 is 0 Å². The number of carbonyl (C=O) groups is 3. The lowest BCUT2D eigenvalue weighted by Gasteiger charge is -2.21. The predicted molar refractivity (Wildman–Crippen MR) is 116 cm³/mol. The molecule has 0 heterocycles. The second kappa shape index (κ2) is 9.61. The van der Waals surface area contributed by atoms with Crippen molar-refractivity contribution in [1.29, 1.82) is 0 Å². The third-order valence-corrected chi connectivity index (χ3v) is 5.23. The molecule has 3 N–H and O–H groups in total. The van der Waals surface area contributed by atoms with Crippen LogP contribution in [0.25, 0.3) is 11.1 Å². The largest absolute Gasteiger partial charge is 0.480 e. The van der Waals surface area contributed by atoms with Gasteiger partial charge in [0.1, 0.15) is 18.7 Å². The van der Waals surface area contributed by atoms with Crippen LogP contribution in [0.1, 0.15) is 24.0 Å². The average Bonchev–Trinajstić information content (AvgIpc) is 3.05. The number of carboxylic acids is 1. The Bertz CT molecular complexity index is 930. The van der Waals surface area contributed by atoms with Gasteiger partial charge in [0.05, 0.1) is 0 Å². The zero-order chi connectivity index (χ0) is 22.5. The molecular weight excluding hydrogens is 398 g/mol. The van der Waals surface area contributed by atoms with Crippen molar-refractivity contribution in [3.05, 3.63) is 59.7 Å². The number of nitrogens with one attached hydrogen (secondary N) is 2. The van der Waals surface area contributed by atoms with Crippen LogP contribution in [0.15, 0.2) is 48.5 Å². The van der Waals surface area contributed by atoms with Crippen LogP contribution in [0.2, 0.25) is 0 Å². The number of benzene rings is 2. The Morgan fingerprint density at radius 2 is 1.55 bits per heavy atom. The highest BCUT2D eigenvalue weighted by atomic mass is 16.5. The first-order valence-electron chi connectivity index (χ1n) is 10.1. The van der Waals surface area contributed by atoms with E-state index in [-0.39, 0.29) is 19.1 Å². The number of likely N-dealkylation sites (N-methyl/N-ethyl adjacent to an activating group) is 1. The fourth-order valence-corrected chi connectivity index (χ4v) is 3.73. The molecule has 0 spiro atoms. The summed E-state index contributed by atoms with van der Waals surface area (Å²) in [6, 6.07) is 14.0. The normalized spacial score (nSPS) is 14.3. The molecule has 0 bridgehead atoms. The van der Waals surface area contributed by atoms with Gasteiger partial charge in [-0.1, -0.05) is 48.5 Å². The van der Waals surface area contributed by atoms with Gasteiger partial charge in [-0.2, -0.15) is 0 Å². The zero-order valence-electron chi connectivity index (χ0n) is 17.8. The standard InChI is InChI=1S/C23H27N3O5/c1-14(21(27)25-20(22(28)29)12-26(2)3)24-23(30)31-13-19-17-10-6-4-8-15(17)16-9-5-7-11-18(16)19/h4-11,14,19-20H,12-13H2,1-3H3,(H,24,30)(H,25,27)(H,28,29)/t14-,20?/m0/s1. The van der Waals surface area contributed by atoms with Gasteiger partial charge in [-0.15, -0.1) is 0 Å². The Morgan fingerprint density at radius 3 is 2.06 bits per heavy atom. The van der Waals surface area contributed by atoms with Crippen LogP contribution in [-0.4, -0.2) is 67.3 Å². The number of aliphatic carboxylic acids is 1. The van der Waals surface area contributed by atoms with Gasteiger partial charge in [0.2, 0.25) is 5.91 Å². The minimum absolute atomic E-state index is 0.0845. The molecule has 8 heteroatoms. The SMILES string of the molecule is C[C@H](NC(=O)OCC1c2ccccc2-c2ccccc21)C(=O)NC(CN(C)C)C(=O)O. The molecule has 164 valence electrons. The van der Waals surface area contributed by atoms with E-state index in [1.54, 1.807) is 19.0 Å². The second-order valence-electron chi connectivity index (χ2n) is 7.85. The van der Waals surface area contributed by atoms with Crippen molar-refractivity contribution < 1.29 is 24.2 Å². The van der Waals surface area contributed by atoms with Gasteiger partial charge >= 0.3 is 12.1 Å². The molecule has 31 heavy (non-hydrogen) atoms. The second-order valence-corrected chi connectivity index (χ2v) is 7.85. The van der Waals surface area contributed by atoms with Crippen LogP contribution in [0.4, 0.5) is 4.79 Å². The highest BCUT2D eigenvalue weighted by Crippen LogP contribution is 2.44. The van der Waals surface area contributed by atoms with Gasteiger partial charge < -0.3 is 25.4 Å². The van der Waals surface area contributed by atoms with Crippen molar-refractivity contribution in [1.82, 2.24) is 15.5 Å². The molecule has 2 aromatic carbocycles. The Kier molecular flexibility index (Phi) is 6.91. The molecular formula is C23H27N3O5. The lowest BCUT2D eigenvalue weighted by atomic mass is 9.98. The topological polar surface area (TPSA) is 108 Å². The van der Waals surface area contributed by atoms with Crippen molar-refractivity contribution >= 4 is 18.0 Å². The van der Waals surface area contributed by atoms with Gasteiger partial charge in [0.15, 0.2) is 0 Å². The van der Waals surface area contributed by atoms with Crippen LogP contribution in [0.5, 0.6) is 0 Å². The maximum Gasteiger partial charge on any atom is 0.407 e. The van der Waals surface area contributed by atoms with Gasteiger partial charge in [-0.05, 0) is 43.3 Å². The Hall–Kier alpha value is -3.39. The predicted octanol–water partition coefficient (Wildman–Crippen LogP) is 2.04. The number of hydrogen-bond donors (Lipinski definition) is 3. The molecule has 2 amide bonds. The van der Waals surface area contributed by atoms with Crippen molar-refractivity contribution in [2.45, 2.75) is 24.9 Å². The molecule has 0 saturated heterocycles. The number of hydrogen-bond acceptors (Lipinski definition) is 5. The Morgan fingerprint density at radius 1 is 1.00 bits per heavy atom. The molecule has 3 rings (SSSR count). The summed E-state index contributed by atoms with van der Waals surface area (Å²) >= 11 is 0. The molecule has 0 aliphatic heterocycles. The first kappa shape index (κ1) is 22.3. The smallest absolute Gasteiger partial charge is 0.407 e.